The number of amides is 1. The number of nitrogens with zero attached hydrogens (tertiary/aromatic N) is 1. The minimum absolute atomic E-state index is 0.0857. The molecular formula is C16H17FN2O3S. The zero-order valence-electron chi connectivity index (χ0n) is 12.6. The van der Waals surface area contributed by atoms with Gasteiger partial charge in [-0.2, -0.15) is 0 Å². The van der Waals surface area contributed by atoms with Crippen molar-refractivity contribution in [2.45, 2.75) is 11.4 Å². The Hall–Kier alpha value is -2.25. The third-order valence-electron chi connectivity index (χ3n) is 3.23. The molecule has 0 bridgehead atoms. The van der Waals surface area contributed by atoms with E-state index in [2.05, 4.69) is 4.72 Å². The van der Waals surface area contributed by atoms with Gasteiger partial charge in [-0.25, -0.2) is 17.5 Å². The second-order valence-electron chi connectivity index (χ2n) is 5.01. The minimum atomic E-state index is -3.84. The van der Waals surface area contributed by atoms with Gasteiger partial charge in [-0.05, 0) is 29.8 Å². The molecular weight excluding hydrogens is 319 g/mol. The molecule has 2 aromatic rings. The summed E-state index contributed by atoms with van der Waals surface area (Å²) in [6.45, 7) is 0.0288. The predicted octanol–water partition coefficient (Wildman–Crippen LogP) is 1.76. The van der Waals surface area contributed by atoms with E-state index in [9.17, 15) is 17.6 Å². The molecule has 1 N–H and O–H groups in total. The van der Waals surface area contributed by atoms with E-state index in [1.807, 2.05) is 30.3 Å². The highest BCUT2D eigenvalue weighted by Crippen LogP contribution is 2.09. The number of hydrogen-bond donors (Lipinski definition) is 1. The summed E-state index contributed by atoms with van der Waals surface area (Å²) in [5.41, 5.74) is 0.949. The van der Waals surface area contributed by atoms with E-state index in [-0.39, 0.29) is 17.3 Å². The first-order chi connectivity index (χ1) is 10.9. The van der Waals surface area contributed by atoms with Gasteiger partial charge < -0.3 is 4.90 Å². The fraction of sp³-hybridized carbons (Fsp3) is 0.188. The van der Waals surface area contributed by atoms with Crippen molar-refractivity contribution in [1.29, 1.82) is 0 Å². The molecule has 0 radical (unpaired) electrons. The molecule has 2 rings (SSSR count). The number of benzene rings is 2. The molecule has 0 aromatic heterocycles. The van der Waals surface area contributed by atoms with E-state index < -0.39 is 15.8 Å². The molecule has 0 unspecified atom stereocenters. The van der Waals surface area contributed by atoms with Crippen molar-refractivity contribution in [3.63, 3.8) is 0 Å². The molecule has 0 aliphatic heterocycles. The predicted molar refractivity (Wildman–Crippen MR) is 84.5 cm³/mol. The Kier molecular flexibility index (Phi) is 5.46. The molecule has 5 nitrogen and oxygen atoms in total. The van der Waals surface area contributed by atoms with E-state index in [4.69, 9.17) is 0 Å². The van der Waals surface area contributed by atoms with Crippen molar-refractivity contribution in [3.8, 4) is 0 Å². The van der Waals surface area contributed by atoms with Crippen LogP contribution < -0.4 is 4.72 Å². The number of sulfonamides is 1. The Morgan fingerprint density at radius 1 is 1.09 bits per heavy atom. The van der Waals surface area contributed by atoms with Gasteiger partial charge in [0.25, 0.3) is 0 Å². The Morgan fingerprint density at radius 2 is 1.70 bits per heavy atom. The van der Waals surface area contributed by atoms with Gasteiger partial charge >= 0.3 is 0 Å². The van der Waals surface area contributed by atoms with Crippen LogP contribution in [0.5, 0.6) is 0 Å². The van der Waals surface area contributed by atoms with Crippen molar-refractivity contribution in [3.05, 3.63) is 66.0 Å². The number of likely N-dealkylation sites (N-methyl/N-ethyl adjacent to an activating group) is 1. The number of carbonyl (C=O) groups excluding carboxylic acids is 1. The van der Waals surface area contributed by atoms with Gasteiger partial charge in [0, 0.05) is 13.6 Å². The van der Waals surface area contributed by atoms with Crippen molar-refractivity contribution in [2.75, 3.05) is 13.6 Å². The highest BCUT2D eigenvalue weighted by Gasteiger charge is 2.17. The summed E-state index contributed by atoms with van der Waals surface area (Å²) < 4.78 is 39.1. The van der Waals surface area contributed by atoms with Crippen LogP contribution in [0.3, 0.4) is 0 Å². The molecule has 23 heavy (non-hydrogen) atoms. The summed E-state index contributed by atoms with van der Waals surface area (Å²) in [6, 6.07) is 13.8. The molecule has 0 saturated heterocycles. The lowest BCUT2D eigenvalue weighted by Gasteiger charge is -2.17. The Labute approximate surface area is 134 Å². The molecule has 0 fully saturated rings. The standard InChI is InChI=1S/C16H17FN2O3S/c1-19(12-13-5-3-2-4-6-13)16(20)11-18-23(21,22)15-9-7-14(17)8-10-15/h2-10,18H,11-12H2,1H3. The third-order valence-corrected chi connectivity index (χ3v) is 4.64. The van der Waals surface area contributed by atoms with Gasteiger partial charge in [0.15, 0.2) is 0 Å². The normalized spacial score (nSPS) is 11.2. The van der Waals surface area contributed by atoms with Gasteiger partial charge in [-0.15, -0.1) is 0 Å². The van der Waals surface area contributed by atoms with Crippen LogP contribution in [0, 0.1) is 5.82 Å². The third kappa shape index (κ3) is 4.87. The first-order valence-electron chi connectivity index (χ1n) is 6.91. The van der Waals surface area contributed by atoms with Crippen molar-refractivity contribution in [1.82, 2.24) is 9.62 Å². The summed E-state index contributed by atoms with van der Waals surface area (Å²) in [7, 11) is -2.24. The van der Waals surface area contributed by atoms with E-state index >= 15 is 0 Å². The average Bonchev–Trinajstić information content (AvgIpc) is 2.54. The number of hydrogen-bond acceptors (Lipinski definition) is 3. The molecule has 2 aromatic carbocycles. The maximum atomic E-state index is 12.8. The first kappa shape index (κ1) is 17.1. The largest absolute Gasteiger partial charge is 0.340 e. The monoisotopic (exact) mass is 336 g/mol. The van der Waals surface area contributed by atoms with Gasteiger partial charge in [0.05, 0.1) is 11.4 Å². The van der Waals surface area contributed by atoms with Crippen LogP contribution in [-0.4, -0.2) is 32.8 Å². The zero-order chi connectivity index (χ0) is 16.9. The molecule has 0 heterocycles. The van der Waals surface area contributed by atoms with Gasteiger partial charge in [-0.3, -0.25) is 4.79 Å². The molecule has 7 heteroatoms. The fourth-order valence-corrected chi connectivity index (χ4v) is 2.91. The van der Waals surface area contributed by atoms with Crippen LogP contribution in [0.4, 0.5) is 4.39 Å². The van der Waals surface area contributed by atoms with Crippen molar-refractivity contribution >= 4 is 15.9 Å². The molecule has 0 aliphatic carbocycles. The van der Waals surface area contributed by atoms with Crippen LogP contribution in [0.25, 0.3) is 0 Å². The lowest BCUT2D eigenvalue weighted by atomic mass is 10.2. The number of carbonyl (C=O) groups is 1. The van der Waals surface area contributed by atoms with Crippen LogP contribution in [0.1, 0.15) is 5.56 Å². The minimum Gasteiger partial charge on any atom is -0.340 e. The van der Waals surface area contributed by atoms with Crippen LogP contribution in [0.2, 0.25) is 0 Å². The summed E-state index contributed by atoms with van der Waals surface area (Å²) >= 11 is 0. The van der Waals surface area contributed by atoms with Gasteiger partial charge in [0.1, 0.15) is 5.82 Å². The average molecular weight is 336 g/mol. The van der Waals surface area contributed by atoms with E-state index in [1.54, 1.807) is 7.05 Å². The number of rotatable bonds is 6. The maximum Gasteiger partial charge on any atom is 0.241 e. The molecule has 122 valence electrons. The van der Waals surface area contributed by atoms with Gasteiger partial charge in [-0.1, -0.05) is 30.3 Å². The second kappa shape index (κ2) is 7.34. The summed E-state index contributed by atoms with van der Waals surface area (Å²) in [5.74, 6) is -0.887. The van der Waals surface area contributed by atoms with Crippen LogP contribution >= 0.6 is 0 Å². The topological polar surface area (TPSA) is 66.5 Å². The summed E-state index contributed by atoms with van der Waals surface area (Å²) in [6.07, 6.45) is 0. The van der Waals surface area contributed by atoms with Crippen molar-refractivity contribution in [2.24, 2.45) is 0 Å². The highest BCUT2D eigenvalue weighted by atomic mass is 32.2. The lowest BCUT2D eigenvalue weighted by molar-refractivity contribution is -0.129. The lowest BCUT2D eigenvalue weighted by Crippen LogP contribution is -2.37. The highest BCUT2D eigenvalue weighted by molar-refractivity contribution is 7.89. The second-order valence-corrected chi connectivity index (χ2v) is 6.78. The zero-order valence-corrected chi connectivity index (χ0v) is 13.4. The molecule has 0 saturated carbocycles. The Bertz CT molecular complexity index is 762. The smallest absolute Gasteiger partial charge is 0.241 e. The molecule has 0 aliphatic rings. The van der Waals surface area contributed by atoms with E-state index in [0.29, 0.717) is 6.54 Å². The molecule has 0 atom stereocenters. The first-order valence-corrected chi connectivity index (χ1v) is 8.40. The van der Waals surface area contributed by atoms with Crippen molar-refractivity contribution < 1.29 is 17.6 Å². The Balaban J connectivity index is 1.94. The quantitative estimate of drug-likeness (QED) is 0.874. The van der Waals surface area contributed by atoms with Crippen LogP contribution in [-0.2, 0) is 21.4 Å². The maximum absolute atomic E-state index is 12.8. The summed E-state index contributed by atoms with van der Waals surface area (Å²) in [5, 5.41) is 0. The van der Waals surface area contributed by atoms with E-state index in [0.717, 1.165) is 29.8 Å². The molecule has 0 spiro atoms. The molecule has 1 amide bonds. The number of halogens is 1. The fourth-order valence-electron chi connectivity index (χ4n) is 1.93. The number of nitrogens with one attached hydrogen (secondary N) is 1. The SMILES string of the molecule is CN(Cc1ccccc1)C(=O)CNS(=O)(=O)c1ccc(F)cc1. The van der Waals surface area contributed by atoms with Crippen LogP contribution in [0.15, 0.2) is 59.5 Å². The Morgan fingerprint density at radius 3 is 2.30 bits per heavy atom. The van der Waals surface area contributed by atoms with Gasteiger partial charge in [0.2, 0.25) is 15.9 Å². The summed E-state index contributed by atoms with van der Waals surface area (Å²) in [4.78, 5) is 13.4. The van der Waals surface area contributed by atoms with E-state index in [1.165, 1.54) is 4.90 Å².